The van der Waals surface area contributed by atoms with Crippen LogP contribution in [0, 0.1) is 11.8 Å². The van der Waals surface area contributed by atoms with Crippen molar-refractivity contribution in [3.8, 4) is 0 Å². The summed E-state index contributed by atoms with van der Waals surface area (Å²) in [5, 5.41) is 6.67. The fourth-order valence-electron chi connectivity index (χ4n) is 5.12. The molecule has 0 saturated carbocycles. The molecule has 3 aliphatic rings. The zero-order chi connectivity index (χ0) is 21.0. The van der Waals surface area contributed by atoms with Crippen LogP contribution in [0.5, 0.6) is 0 Å². The summed E-state index contributed by atoms with van der Waals surface area (Å²) in [7, 11) is 0. The Kier molecular flexibility index (Phi) is 4.65. The van der Waals surface area contributed by atoms with Crippen molar-refractivity contribution in [2.75, 3.05) is 22.2 Å². The molecule has 3 heterocycles. The molecule has 3 aliphatic heterocycles. The maximum Gasteiger partial charge on any atom is 0.250 e. The Morgan fingerprint density at radius 2 is 1.80 bits per heavy atom. The van der Waals surface area contributed by atoms with E-state index in [2.05, 4.69) is 10.6 Å². The standard InChI is InChI=1S/C22H20ClN3O3S/c1-30-11-10-15-17-18(20(28)26(19(17)27)16-9-5-3-7-13(16)23)22(25-15)12-6-2-4-8-14(12)24-21(22)29/h2-9,15,17-18,25H,10-11H2,1H3,(H,24,29)/t15-,17+,18-,22-/m0/s1. The number of hydrogen-bond acceptors (Lipinski definition) is 5. The molecule has 2 saturated heterocycles. The fraction of sp³-hybridized carbons (Fsp3) is 0.318. The number of anilines is 2. The number of nitrogens with zero attached hydrogens (tertiary/aromatic N) is 1. The van der Waals surface area contributed by atoms with Gasteiger partial charge in [0.25, 0.3) is 0 Å². The van der Waals surface area contributed by atoms with E-state index in [1.165, 1.54) is 4.90 Å². The number of benzene rings is 2. The molecule has 0 bridgehead atoms. The Labute approximate surface area is 183 Å². The zero-order valence-electron chi connectivity index (χ0n) is 16.2. The highest BCUT2D eigenvalue weighted by atomic mass is 35.5. The van der Waals surface area contributed by atoms with E-state index in [1.807, 2.05) is 30.5 Å². The highest BCUT2D eigenvalue weighted by Gasteiger charge is 2.70. The van der Waals surface area contributed by atoms with Crippen LogP contribution in [0.3, 0.4) is 0 Å². The molecule has 154 valence electrons. The van der Waals surface area contributed by atoms with Gasteiger partial charge >= 0.3 is 0 Å². The molecular formula is C22H20ClN3O3S. The number of rotatable bonds is 4. The van der Waals surface area contributed by atoms with Gasteiger partial charge in [-0.1, -0.05) is 41.9 Å². The van der Waals surface area contributed by atoms with E-state index in [4.69, 9.17) is 11.6 Å². The molecule has 3 amide bonds. The molecule has 0 aromatic heterocycles. The van der Waals surface area contributed by atoms with Gasteiger partial charge in [0.05, 0.1) is 22.5 Å². The lowest BCUT2D eigenvalue weighted by molar-refractivity contribution is -0.130. The van der Waals surface area contributed by atoms with Crippen LogP contribution in [0.15, 0.2) is 48.5 Å². The van der Waals surface area contributed by atoms with Gasteiger partial charge in [-0.25, -0.2) is 4.90 Å². The van der Waals surface area contributed by atoms with Crippen LogP contribution in [-0.2, 0) is 19.9 Å². The third-order valence-electron chi connectivity index (χ3n) is 6.35. The summed E-state index contributed by atoms with van der Waals surface area (Å²) in [6.45, 7) is 0. The minimum atomic E-state index is -1.26. The first-order valence-corrected chi connectivity index (χ1v) is 11.6. The second-order valence-electron chi connectivity index (χ2n) is 7.81. The number of nitrogens with one attached hydrogen (secondary N) is 2. The Hall–Kier alpha value is -2.35. The van der Waals surface area contributed by atoms with Gasteiger partial charge < -0.3 is 5.32 Å². The minimum Gasteiger partial charge on any atom is -0.324 e. The van der Waals surface area contributed by atoms with Gasteiger partial charge in [0.2, 0.25) is 17.7 Å². The molecule has 2 fully saturated rings. The fourth-order valence-corrected chi connectivity index (χ4v) is 5.83. The topological polar surface area (TPSA) is 78.5 Å². The van der Waals surface area contributed by atoms with Crippen LogP contribution in [0.1, 0.15) is 12.0 Å². The van der Waals surface area contributed by atoms with Gasteiger partial charge in [-0.15, -0.1) is 0 Å². The average molecular weight is 442 g/mol. The molecule has 2 aromatic carbocycles. The SMILES string of the molecule is CSCC[C@@H]1N[C@]2(C(=O)Nc3ccccc32)[C@@H]2C(=O)N(c3ccccc3Cl)C(=O)[C@H]12. The highest BCUT2D eigenvalue weighted by molar-refractivity contribution is 7.98. The van der Waals surface area contributed by atoms with Crippen LogP contribution in [-0.4, -0.2) is 35.8 Å². The molecular weight excluding hydrogens is 422 g/mol. The molecule has 30 heavy (non-hydrogen) atoms. The number of amides is 3. The molecule has 6 nitrogen and oxygen atoms in total. The van der Waals surface area contributed by atoms with E-state index in [1.54, 1.807) is 36.0 Å². The van der Waals surface area contributed by atoms with Crippen molar-refractivity contribution in [2.45, 2.75) is 18.0 Å². The van der Waals surface area contributed by atoms with Gasteiger partial charge in [0, 0.05) is 17.3 Å². The smallest absolute Gasteiger partial charge is 0.250 e. The number of thioether (sulfide) groups is 1. The summed E-state index contributed by atoms with van der Waals surface area (Å²) in [6.07, 6.45) is 2.67. The molecule has 2 aromatic rings. The number of carbonyl (C=O) groups excluding carboxylic acids is 3. The quantitative estimate of drug-likeness (QED) is 0.713. The summed E-state index contributed by atoms with van der Waals surface area (Å²) >= 11 is 8.00. The summed E-state index contributed by atoms with van der Waals surface area (Å²) in [5.41, 5.74) is 0.510. The number of fused-ring (bicyclic) bond motifs is 4. The van der Waals surface area contributed by atoms with Crippen molar-refractivity contribution in [1.29, 1.82) is 0 Å². The Morgan fingerprint density at radius 1 is 1.07 bits per heavy atom. The molecule has 1 spiro atoms. The summed E-state index contributed by atoms with van der Waals surface area (Å²) in [5.74, 6) is -1.61. The molecule has 0 aliphatic carbocycles. The number of carbonyl (C=O) groups is 3. The van der Waals surface area contributed by atoms with E-state index in [0.29, 0.717) is 22.8 Å². The van der Waals surface area contributed by atoms with Crippen molar-refractivity contribution < 1.29 is 14.4 Å². The van der Waals surface area contributed by atoms with Gasteiger partial charge in [-0.3, -0.25) is 19.7 Å². The normalized spacial score (nSPS) is 29.5. The molecule has 8 heteroatoms. The van der Waals surface area contributed by atoms with Gasteiger partial charge in [0.15, 0.2) is 0 Å². The van der Waals surface area contributed by atoms with E-state index in [9.17, 15) is 14.4 Å². The second-order valence-corrected chi connectivity index (χ2v) is 9.20. The maximum atomic E-state index is 13.7. The number of halogens is 1. The minimum absolute atomic E-state index is 0.285. The lowest BCUT2D eigenvalue weighted by Gasteiger charge is -2.29. The Balaban J connectivity index is 1.66. The molecule has 5 rings (SSSR count). The van der Waals surface area contributed by atoms with Crippen LogP contribution in [0.2, 0.25) is 5.02 Å². The van der Waals surface area contributed by atoms with Crippen LogP contribution in [0.25, 0.3) is 0 Å². The lowest BCUT2D eigenvalue weighted by atomic mass is 9.76. The van der Waals surface area contributed by atoms with Gasteiger partial charge in [0.1, 0.15) is 5.54 Å². The molecule has 2 N–H and O–H groups in total. The van der Waals surface area contributed by atoms with Crippen molar-refractivity contribution >= 4 is 52.5 Å². The first-order valence-electron chi connectivity index (χ1n) is 9.80. The summed E-state index contributed by atoms with van der Waals surface area (Å²) in [6, 6.07) is 13.9. The van der Waals surface area contributed by atoms with Crippen molar-refractivity contribution in [3.05, 3.63) is 59.1 Å². The predicted molar refractivity (Wildman–Crippen MR) is 118 cm³/mol. The first-order chi connectivity index (χ1) is 14.5. The third kappa shape index (κ3) is 2.52. The Bertz CT molecular complexity index is 1080. The van der Waals surface area contributed by atoms with Crippen LogP contribution in [0.4, 0.5) is 11.4 Å². The highest BCUT2D eigenvalue weighted by Crippen LogP contribution is 2.54. The zero-order valence-corrected chi connectivity index (χ0v) is 17.8. The van der Waals surface area contributed by atoms with E-state index < -0.39 is 17.4 Å². The summed E-state index contributed by atoms with van der Waals surface area (Å²) in [4.78, 5) is 41.7. The maximum absolute atomic E-state index is 13.7. The van der Waals surface area contributed by atoms with Crippen LogP contribution < -0.4 is 15.5 Å². The number of imide groups is 1. The van der Waals surface area contributed by atoms with Crippen molar-refractivity contribution in [1.82, 2.24) is 5.32 Å². The summed E-state index contributed by atoms with van der Waals surface area (Å²) < 4.78 is 0. The first kappa shape index (κ1) is 19.6. The van der Waals surface area contributed by atoms with E-state index in [0.717, 1.165) is 11.3 Å². The largest absolute Gasteiger partial charge is 0.324 e. The van der Waals surface area contributed by atoms with Gasteiger partial charge in [-0.05, 0) is 36.6 Å². The van der Waals surface area contributed by atoms with E-state index >= 15 is 0 Å². The molecule has 4 atom stereocenters. The Morgan fingerprint density at radius 3 is 2.57 bits per heavy atom. The lowest BCUT2D eigenvalue weighted by Crippen LogP contribution is -2.53. The average Bonchev–Trinajstić information content (AvgIpc) is 3.32. The molecule has 0 unspecified atom stereocenters. The number of para-hydroxylation sites is 2. The van der Waals surface area contributed by atoms with Crippen LogP contribution >= 0.6 is 23.4 Å². The second kappa shape index (κ2) is 7.11. The van der Waals surface area contributed by atoms with Crippen molar-refractivity contribution in [3.63, 3.8) is 0 Å². The van der Waals surface area contributed by atoms with Crippen molar-refractivity contribution in [2.24, 2.45) is 11.8 Å². The monoisotopic (exact) mass is 441 g/mol. The third-order valence-corrected chi connectivity index (χ3v) is 7.31. The molecule has 0 radical (unpaired) electrons. The van der Waals surface area contributed by atoms with E-state index in [-0.39, 0.29) is 23.8 Å². The predicted octanol–water partition coefficient (Wildman–Crippen LogP) is 3.02. The van der Waals surface area contributed by atoms with Gasteiger partial charge in [-0.2, -0.15) is 11.8 Å². The number of hydrogen-bond donors (Lipinski definition) is 2.